The zero-order valence-electron chi connectivity index (χ0n) is 13.8. The number of ether oxygens (including phenoxy) is 1. The van der Waals surface area contributed by atoms with Crippen molar-refractivity contribution in [2.45, 2.75) is 20.0 Å². The number of nitro benzene ring substituents is 1. The van der Waals surface area contributed by atoms with Crippen LogP contribution in [0.25, 0.3) is 0 Å². The van der Waals surface area contributed by atoms with Gasteiger partial charge in [-0.2, -0.15) is 0 Å². The minimum absolute atomic E-state index is 0.0153. The molecule has 0 bridgehead atoms. The standard InChI is InChI=1S/C17H14Cl2N2O5/c1-9-3-4-11(7-15(9)19)20-16(22)10(2)26-17(23)13-8-12(21(24)25)5-6-14(13)18/h3-8,10H,1-2H3,(H,20,22)/t10-/m0/s1. The van der Waals surface area contributed by atoms with E-state index in [-0.39, 0.29) is 16.3 Å². The molecule has 2 rings (SSSR count). The highest BCUT2D eigenvalue weighted by molar-refractivity contribution is 6.33. The lowest BCUT2D eigenvalue weighted by atomic mass is 10.2. The Labute approximate surface area is 159 Å². The topological polar surface area (TPSA) is 98.5 Å². The summed E-state index contributed by atoms with van der Waals surface area (Å²) in [4.78, 5) is 34.5. The number of rotatable bonds is 5. The van der Waals surface area contributed by atoms with Crippen molar-refractivity contribution in [3.8, 4) is 0 Å². The van der Waals surface area contributed by atoms with Crippen molar-refractivity contribution in [1.29, 1.82) is 0 Å². The predicted octanol–water partition coefficient (Wildman–Crippen LogP) is 4.39. The van der Waals surface area contributed by atoms with Crippen LogP contribution in [0, 0.1) is 17.0 Å². The number of halogens is 2. The van der Waals surface area contributed by atoms with Gasteiger partial charge in [0, 0.05) is 22.8 Å². The van der Waals surface area contributed by atoms with Gasteiger partial charge in [-0.25, -0.2) is 4.79 Å². The molecule has 1 amide bonds. The Bertz CT molecular complexity index is 885. The number of nitrogens with one attached hydrogen (secondary N) is 1. The van der Waals surface area contributed by atoms with Crippen molar-refractivity contribution in [3.63, 3.8) is 0 Å². The van der Waals surface area contributed by atoms with E-state index in [4.69, 9.17) is 27.9 Å². The molecular formula is C17H14Cl2N2O5. The highest BCUT2D eigenvalue weighted by Crippen LogP contribution is 2.24. The first-order valence-electron chi connectivity index (χ1n) is 7.41. The third-order valence-electron chi connectivity index (χ3n) is 3.47. The van der Waals surface area contributed by atoms with E-state index in [2.05, 4.69) is 5.32 Å². The summed E-state index contributed by atoms with van der Waals surface area (Å²) in [6, 6.07) is 8.34. The van der Waals surface area contributed by atoms with Crippen LogP contribution in [0.4, 0.5) is 11.4 Å². The molecule has 2 aromatic carbocycles. The Morgan fingerprint density at radius 2 is 1.85 bits per heavy atom. The number of anilines is 1. The summed E-state index contributed by atoms with van der Waals surface area (Å²) in [7, 11) is 0. The Morgan fingerprint density at radius 1 is 1.15 bits per heavy atom. The number of amides is 1. The van der Waals surface area contributed by atoms with Gasteiger partial charge < -0.3 is 10.1 Å². The van der Waals surface area contributed by atoms with E-state index in [1.807, 2.05) is 6.92 Å². The highest BCUT2D eigenvalue weighted by atomic mass is 35.5. The predicted molar refractivity (Wildman–Crippen MR) is 97.8 cm³/mol. The molecule has 0 spiro atoms. The molecule has 0 unspecified atom stereocenters. The van der Waals surface area contributed by atoms with Gasteiger partial charge in [0.1, 0.15) is 0 Å². The fourth-order valence-electron chi connectivity index (χ4n) is 1.98. The molecular weight excluding hydrogens is 383 g/mol. The second-order valence-corrected chi connectivity index (χ2v) is 6.24. The first-order valence-corrected chi connectivity index (χ1v) is 8.16. The number of aryl methyl sites for hydroxylation is 1. The zero-order valence-corrected chi connectivity index (χ0v) is 15.3. The number of nitro groups is 1. The van der Waals surface area contributed by atoms with Crippen LogP contribution in [0.1, 0.15) is 22.8 Å². The zero-order chi connectivity index (χ0) is 19.4. The summed E-state index contributed by atoms with van der Waals surface area (Å²) in [6.45, 7) is 3.19. The third kappa shape index (κ3) is 4.71. The maximum atomic E-state index is 12.2. The Hall–Kier alpha value is -2.64. The van der Waals surface area contributed by atoms with Crippen LogP contribution < -0.4 is 5.32 Å². The van der Waals surface area contributed by atoms with Gasteiger partial charge in [0.25, 0.3) is 11.6 Å². The summed E-state index contributed by atoms with van der Waals surface area (Å²) in [5.41, 5.74) is 0.790. The first kappa shape index (κ1) is 19.7. The summed E-state index contributed by atoms with van der Waals surface area (Å²) >= 11 is 11.9. The van der Waals surface area contributed by atoms with E-state index in [0.29, 0.717) is 10.7 Å². The third-order valence-corrected chi connectivity index (χ3v) is 4.21. The van der Waals surface area contributed by atoms with Crippen molar-refractivity contribution in [3.05, 3.63) is 67.7 Å². The average Bonchev–Trinajstić information content (AvgIpc) is 2.58. The molecule has 1 atom stereocenters. The van der Waals surface area contributed by atoms with Crippen LogP contribution in [0.2, 0.25) is 10.0 Å². The molecule has 0 aliphatic carbocycles. The van der Waals surface area contributed by atoms with Crippen LogP contribution in [0.15, 0.2) is 36.4 Å². The number of hydrogen-bond donors (Lipinski definition) is 1. The Balaban J connectivity index is 2.08. The summed E-state index contributed by atoms with van der Waals surface area (Å²) in [6.07, 6.45) is -1.15. The van der Waals surface area contributed by atoms with Crippen molar-refractivity contribution in [2.24, 2.45) is 0 Å². The molecule has 0 saturated carbocycles. The fraction of sp³-hybridized carbons (Fsp3) is 0.176. The minimum Gasteiger partial charge on any atom is -0.449 e. The Kier molecular flexibility index (Phi) is 6.18. The SMILES string of the molecule is Cc1ccc(NC(=O)[C@H](C)OC(=O)c2cc([N+](=O)[O-])ccc2Cl)cc1Cl. The molecule has 0 saturated heterocycles. The number of carbonyl (C=O) groups is 2. The molecule has 0 aliphatic rings. The molecule has 7 nitrogen and oxygen atoms in total. The lowest BCUT2D eigenvalue weighted by molar-refractivity contribution is -0.384. The summed E-state index contributed by atoms with van der Waals surface area (Å²) in [5.74, 6) is -1.52. The van der Waals surface area contributed by atoms with Gasteiger partial charge in [-0.3, -0.25) is 14.9 Å². The average molecular weight is 397 g/mol. The molecule has 0 radical (unpaired) electrons. The second kappa shape index (κ2) is 8.16. The smallest absolute Gasteiger partial charge is 0.340 e. The molecule has 0 fully saturated rings. The quantitative estimate of drug-likeness (QED) is 0.458. The van der Waals surface area contributed by atoms with Gasteiger partial charge >= 0.3 is 5.97 Å². The monoisotopic (exact) mass is 396 g/mol. The molecule has 2 aromatic rings. The molecule has 136 valence electrons. The van der Waals surface area contributed by atoms with E-state index in [0.717, 1.165) is 17.7 Å². The lowest BCUT2D eigenvalue weighted by Gasteiger charge is -2.14. The van der Waals surface area contributed by atoms with Gasteiger partial charge in [-0.15, -0.1) is 0 Å². The van der Waals surface area contributed by atoms with E-state index >= 15 is 0 Å². The molecule has 26 heavy (non-hydrogen) atoms. The number of esters is 1. The minimum atomic E-state index is -1.15. The lowest BCUT2D eigenvalue weighted by Crippen LogP contribution is -2.30. The van der Waals surface area contributed by atoms with Crippen molar-refractivity contribution >= 4 is 46.5 Å². The number of hydrogen-bond acceptors (Lipinski definition) is 5. The Morgan fingerprint density at radius 3 is 2.46 bits per heavy atom. The van der Waals surface area contributed by atoms with E-state index in [9.17, 15) is 19.7 Å². The van der Waals surface area contributed by atoms with Crippen LogP contribution in [-0.4, -0.2) is 22.9 Å². The number of non-ortho nitro benzene ring substituents is 1. The summed E-state index contributed by atoms with van der Waals surface area (Å²) < 4.78 is 5.05. The van der Waals surface area contributed by atoms with Gasteiger partial charge in [0.15, 0.2) is 6.10 Å². The normalized spacial score (nSPS) is 11.5. The van der Waals surface area contributed by atoms with Crippen molar-refractivity contribution in [1.82, 2.24) is 0 Å². The van der Waals surface area contributed by atoms with Gasteiger partial charge in [-0.1, -0.05) is 29.3 Å². The molecule has 0 aliphatic heterocycles. The molecule has 0 aromatic heterocycles. The number of nitrogens with zero attached hydrogens (tertiary/aromatic N) is 1. The number of carbonyl (C=O) groups excluding carboxylic acids is 2. The van der Waals surface area contributed by atoms with Crippen molar-refractivity contribution < 1.29 is 19.2 Å². The van der Waals surface area contributed by atoms with Gasteiger partial charge in [-0.05, 0) is 37.6 Å². The molecule has 9 heteroatoms. The molecule has 0 heterocycles. The van der Waals surface area contributed by atoms with Gasteiger partial charge in [0.05, 0.1) is 15.5 Å². The van der Waals surface area contributed by atoms with E-state index in [1.54, 1.807) is 18.2 Å². The highest BCUT2D eigenvalue weighted by Gasteiger charge is 2.22. The fourth-order valence-corrected chi connectivity index (χ4v) is 2.35. The maximum Gasteiger partial charge on any atom is 0.340 e. The van der Waals surface area contributed by atoms with Crippen LogP contribution >= 0.6 is 23.2 Å². The van der Waals surface area contributed by atoms with Crippen LogP contribution in [0.3, 0.4) is 0 Å². The van der Waals surface area contributed by atoms with Crippen LogP contribution in [-0.2, 0) is 9.53 Å². The van der Waals surface area contributed by atoms with Crippen LogP contribution in [0.5, 0.6) is 0 Å². The maximum absolute atomic E-state index is 12.2. The largest absolute Gasteiger partial charge is 0.449 e. The van der Waals surface area contributed by atoms with E-state index < -0.39 is 22.9 Å². The first-order chi connectivity index (χ1) is 12.2. The molecule has 1 N–H and O–H groups in total. The second-order valence-electron chi connectivity index (χ2n) is 5.42. The van der Waals surface area contributed by atoms with Gasteiger partial charge in [0.2, 0.25) is 0 Å². The van der Waals surface area contributed by atoms with Crippen molar-refractivity contribution in [2.75, 3.05) is 5.32 Å². The van der Waals surface area contributed by atoms with E-state index in [1.165, 1.54) is 13.0 Å². The summed E-state index contributed by atoms with van der Waals surface area (Å²) in [5, 5.41) is 13.8. The number of benzene rings is 2.